The molecular weight excluding hydrogens is 411 g/mol. The maximum Gasteiger partial charge on any atom is 0.261 e. The predicted molar refractivity (Wildman–Crippen MR) is 117 cm³/mol. The zero-order chi connectivity index (χ0) is 21.6. The van der Waals surface area contributed by atoms with Crippen LogP contribution in [0, 0.1) is 0 Å². The molecule has 156 valence electrons. The quantitative estimate of drug-likeness (QED) is 0.654. The van der Waals surface area contributed by atoms with Crippen molar-refractivity contribution in [1.82, 2.24) is 10.2 Å². The minimum absolute atomic E-state index is 0.166. The van der Waals surface area contributed by atoms with Crippen LogP contribution in [0.4, 0.5) is 0 Å². The van der Waals surface area contributed by atoms with Crippen molar-refractivity contribution in [1.29, 1.82) is 0 Å². The van der Waals surface area contributed by atoms with Gasteiger partial charge in [0.25, 0.3) is 5.91 Å². The van der Waals surface area contributed by atoms with Crippen LogP contribution >= 0.6 is 23.2 Å². The van der Waals surface area contributed by atoms with E-state index in [2.05, 4.69) is 19.2 Å². The fourth-order valence-electron chi connectivity index (χ4n) is 2.80. The number of rotatable bonds is 8. The second kappa shape index (κ2) is 10.5. The minimum atomic E-state index is -0.689. The Morgan fingerprint density at radius 3 is 2.28 bits per heavy atom. The second-order valence-corrected chi connectivity index (χ2v) is 7.90. The largest absolute Gasteiger partial charge is 0.484 e. The van der Waals surface area contributed by atoms with Gasteiger partial charge in [0.05, 0.1) is 0 Å². The summed E-state index contributed by atoms with van der Waals surface area (Å²) in [6.07, 6.45) is 0. The number of carbonyl (C=O) groups excluding carboxylic acids is 2. The van der Waals surface area contributed by atoms with Crippen LogP contribution in [0.1, 0.15) is 37.8 Å². The van der Waals surface area contributed by atoms with Gasteiger partial charge in [-0.3, -0.25) is 9.59 Å². The topological polar surface area (TPSA) is 58.6 Å². The van der Waals surface area contributed by atoms with Crippen LogP contribution < -0.4 is 10.1 Å². The van der Waals surface area contributed by atoms with Crippen LogP contribution in [0.5, 0.6) is 5.75 Å². The molecule has 2 amide bonds. The third kappa shape index (κ3) is 6.38. The van der Waals surface area contributed by atoms with Gasteiger partial charge in [-0.25, -0.2) is 0 Å². The highest BCUT2D eigenvalue weighted by Gasteiger charge is 2.26. The first-order valence-electron chi connectivity index (χ1n) is 9.40. The van der Waals surface area contributed by atoms with Crippen molar-refractivity contribution in [2.75, 3.05) is 13.7 Å². The average molecular weight is 437 g/mol. The molecule has 7 heteroatoms. The predicted octanol–water partition coefficient (Wildman–Crippen LogP) is 4.66. The zero-order valence-electron chi connectivity index (χ0n) is 17.0. The lowest BCUT2D eigenvalue weighted by molar-refractivity contribution is -0.142. The molecule has 1 N–H and O–H groups in total. The van der Waals surface area contributed by atoms with E-state index in [1.54, 1.807) is 25.1 Å². The zero-order valence-corrected chi connectivity index (χ0v) is 18.6. The number of nitrogens with one attached hydrogen (secondary N) is 1. The van der Waals surface area contributed by atoms with Crippen molar-refractivity contribution >= 4 is 35.0 Å². The SMILES string of the molecule is CNC(=O)[C@@H](C)N(Cc1ccc(Cl)cc1Cl)C(=O)COc1ccc(C(C)C)cc1. The van der Waals surface area contributed by atoms with Crippen molar-refractivity contribution < 1.29 is 14.3 Å². The summed E-state index contributed by atoms with van der Waals surface area (Å²) in [5.41, 5.74) is 1.89. The number of amides is 2. The smallest absolute Gasteiger partial charge is 0.261 e. The second-order valence-electron chi connectivity index (χ2n) is 7.06. The van der Waals surface area contributed by atoms with Crippen molar-refractivity contribution in [3.8, 4) is 5.75 Å². The molecule has 0 fully saturated rings. The van der Waals surface area contributed by atoms with Gasteiger partial charge in [0.1, 0.15) is 11.8 Å². The molecule has 0 aliphatic rings. The summed E-state index contributed by atoms with van der Waals surface area (Å²) in [5, 5.41) is 3.51. The van der Waals surface area contributed by atoms with E-state index in [0.717, 1.165) is 0 Å². The normalized spacial score (nSPS) is 11.8. The number of halogens is 2. The molecule has 1 atom stereocenters. The maximum atomic E-state index is 12.9. The van der Waals surface area contributed by atoms with Gasteiger partial charge >= 0.3 is 0 Å². The van der Waals surface area contributed by atoms with Gasteiger partial charge in [0.2, 0.25) is 5.91 Å². The molecule has 0 bridgehead atoms. The summed E-state index contributed by atoms with van der Waals surface area (Å²) in [6.45, 7) is 5.86. The Morgan fingerprint density at radius 2 is 1.72 bits per heavy atom. The summed E-state index contributed by atoms with van der Waals surface area (Å²) >= 11 is 12.2. The Hall–Kier alpha value is -2.24. The van der Waals surface area contributed by atoms with Gasteiger partial charge in [-0.05, 0) is 48.2 Å². The average Bonchev–Trinajstić information content (AvgIpc) is 2.70. The Bertz CT molecular complexity index is 854. The van der Waals surface area contributed by atoms with Crippen molar-refractivity contribution in [3.63, 3.8) is 0 Å². The summed E-state index contributed by atoms with van der Waals surface area (Å²) in [7, 11) is 1.53. The summed E-state index contributed by atoms with van der Waals surface area (Å²) in [6, 6.07) is 12.0. The van der Waals surface area contributed by atoms with Crippen LogP contribution in [-0.2, 0) is 16.1 Å². The first kappa shape index (κ1) is 23.0. The van der Waals surface area contributed by atoms with Crippen LogP contribution in [0.15, 0.2) is 42.5 Å². The van der Waals surface area contributed by atoms with E-state index in [4.69, 9.17) is 27.9 Å². The number of hydrogen-bond donors (Lipinski definition) is 1. The van der Waals surface area contributed by atoms with E-state index in [1.165, 1.54) is 17.5 Å². The van der Waals surface area contributed by atoms with E-state index >= 15 is 0 Å². The van der Waals surface area contributed by atoms with Crippen molar-refractivity contribution in [2.45, 2.75) is 39.3 Å². The monoisotopic (exact) mass is 436 g/mol. The van der Waals surface area contributed by atoms with E-state index < -0.39 is 6.04 Å². The first-order valence-corrected chi connectivity index (χ1v) is 10.2. The molecule has 0 aromatic heterocycles. The molecule has 29 heavy (non-hydrogen) atoms. The van der Waals surface area contributed by atoms with Crippen molar-refractivity contribution in [3.05, 3.63) is 63.6 Å². The molecular formula is C22H26Cl2N2O3. The van der Waals surface area contributed by atoms with Crippen LogP contribution in [-0.4, -0.2) is 36.4 Å². The molecule has 0 aliphatic heterocycles. The fourth-order valence-corrected chi connectivity index (χ4v) is 3.27. The highest BCUT2D eigenvalue weighted by Crippen LogP contribution is 2.23. The number of likely N-dealkylation sites (N-methyl/N-ethyl adjacent to an activating group) is 1. The number of hydrogen-bond acceptors (Lipinski definition) is 3. The summed E-state index contributed by atoms with van der Waals surface area (Å²) in [5.74, 6) is 0.420. The first-order chi connectivity index (χ1) is 13.7. The van der Waals surface area contributed by atoms with Crippen molar-refractivity contribution in [2.24, 2.45) is 0 Å². The molecule has 0 unspecified atom stereocenters. The third-order valence-corrected chi connectivity index (χ3v) is 5.27. The molecule has 2 rings (SSSR count). The molecule has 0 spiro atoms. The molecule has 0 saturated carbocycles. The molecule has 2 aromatic carbocycles. The Labute approximate surface area is 181 Å². The van der Waals surface area contributed by atoms with Gasteiger partial charge in [0.15, 0.2) is 6.61 Å². The van der Waals surface area contributed by atoms with Crippen LogP contribution in [0.25, 0.3) is 0 Å². The lowest BCUT2D eigenvalue weighted by Gasteiger charge is -2.28. The Balaban J connectivity index is 2.14. The molecule has 0 saturated heterocycles. The highest BCUT2D eigenvalue weighted by molar-refractivity contribution is 6.35. The molecule has 0 heterocycles. The Morgan fingerprint density at radius 1 is 1.07 bits per heavy atom. The van der Waals surface area contributed by atoms with Gasteiger partial charge in [0, 0.05) is 23.6 Å². The number of ether oxygens (including phenoxy) is 1. The fraction of sp³-hybridized carbons (Fsp3) is 0.364. The molecule has 5 nitrogen and oxygen atoms in total. The summed E-state index contributed by atoms with van der Waals surface area (Å²) in [4.78, 5) is 26.5. The lowest BCUT2D eigenvalue weighted by atomic mass is 10.0. The van der Waals surface area contributed by atoms with Gasteiger partial charge in [-0.15, -0.1) is 0 Å². The standard InChI is InChI=1S/C22H26Cl2N2O3/c1-14(2)16-6-9-19(10-7-16)29-13-21(27)26(15(3)22(28)25-4)12-17-5-8-18(23)11-20(17)24/h5-11,14-15H,12-13H2,1-4H3,(H,25,28)/t15-/m1/s1. The van der Waals surface area contributed by atoms with E-state index in [9.17, 15) is 9.59 Å². The molecule has 0 radical (unpaired) electrons. The van der Waals surface area contributed by atoms with Crippen LogP contribution in [0.2, 0.25) is 10.0 Å². The third-order valence-electron chi connectivity index (χ3n) is 4.68. The number of carbonyl (C=O) groups is 2. The van der Waals surface area contributed by atoms with E-state index in [1.807, 2.05) is 24.3 Å². The number of benzene rings is 2. The number of nitrogens with zero attached hydrogens (tertiary/aromatic N) is 1. The minimum Gasteiger partial charge on any atom is -0.484 e. The van der Waals surface area contributed by atoms with Crippen LogP contribution in [0.3, 0.4) is 0 Å². The maximum absolute atomic E-state index is 12.9. The van der Waals surface area contributed by atoms with Gasteiger partial charge in [-0.1, -0.05) is 55.2 Å². The highest BCUT2D eigenvalue weighted by atomic mass is 35.5. The summed E-state index contributed by atoms with van der Waals surface area (Å²) < 4.78 is 5.66. The lowest BCUT2D eigenvalue weighted by Crippen LogP contribution is -2.48. The molecule has 0 aliphatic carbocycles. The van der Waals surface area contributed by atoms with Gasteiger partial charge < -0.3 is 15.0 Å². The van der Waals surface area contributed by atoms with Gasteiger partial charge in [-0.2, -0.15) is 0 Å². The molecule has 2 aromatic rings. The Kier molecular flexibility index (Phi) is 8.35. The van der Waals surface area contributed by atoms with E-state index in [0.29, 0.717) is 27.3 Å². The van der Waals surface area contributed by atoms with E-state index in [-0.39, 0.29) is 25.0 Å².